The summed E-state index contributed by atoms with van der Waals surface area (Å²) in [5.41, 5.74) is 0.313. The molecule has 1 spiro atoms. The molecular weight excluding hydrogens is 197 g/mol. The fourth-order valence-corrected chi connectivity index (χ4v) is 3.35. The summed E-state index contributed by atoms with van der Waals surface area (Å²) >= 11 is 0. The minimum absolute atomic E-state index is 0.313. The zero-order chi connectivity index (χ0) is 11.3. The first-order chi connectivity index (χ1) is 7.85. The third-order valence-electron chi connectivity index (χ3n) is 4.27. The second-order valence-corrected chi connectivity index (χ2v) is 5.64. The van der Waals surface area contributed by atoms with Gasteiger partial charge in [0.2, 0.25) is 0 Å². The van der Waals surface area contributed by atoms with Gasteiger partial charge in [0.15, 0.2) is 0 Å². The van der Waals surface area contributed by atoms with Gasteiger partial charge in [0.25, 0.3) is 0 Å². The van der Waals surface area contributed by atoms with E-state index in [4.69, 9.17) is 4.74 Å². The van der Waals surface area contributed by atoms with Crippen molar-refractivity contribution in [3.63, 3.8) is 0 Å². The first-order valence-electron chi connectivity index (χ1n) is 7.19. The van der Waals surface area contributed by atoms with Crippen LogP contribution in [0.2, 0.25) is 6.32 Å². The summed E-state index contributed by atoms with van der Waals surface area (Å²) in [6.45, 7) is 3.39. The SMILES string of the molecule is BCCNCC[C@@H]1CCOC2(CCCC2)C1. The van der Waals surface area contributed by atoms with E-state index < -0.39 is 0 Å². The maximum atomic E-state index is 6.06. The lowest BCUT2D eigenvalue weighted by molar-refractivity contribution is -0.0934. The third-order valence-corrected chi connectivity index (χ3v) is 4.27. The highest BCUT2D eigenvalue weighted by Gasteiger charge is 2.39. The van der Waals surface area contributed by atoms with Gasteiger partial charge in [-0.2, -0.15) is 0 Å². The van der Waals surface area contributed by atoms with Crippen LogP contribution in [0.3, 0.4) is 0 Å². The second kappa shape index (κ2) is 6.06. The molecule has 16 heavy (non-hydrogen) atoms. The van der Waals surface area contributed by atoms with Crippen molar-refractivity contribution in [3.05, 3.63) is 0 Å². The van der Waals surface area contributed by atoms with Gasteiger partial charge in [-0.15, -0.1) is 0 Å². The Labute approximate surface area is 101 Å². The zero-order valence-corrected chi connectivity index (χ0v) is 10.8. The Balaban J connectivity index is 1.70. The van der Waals surface area contributed by atoms with Crippen molar-refractivity contribution in [3.8, 4) is 0 Å². The first kappa shape index (κ1) is 12.4. The zero-order valence-electron chi connectivity index (χ0n) is 10.8. The van der Waals surface area contributed by atoms with Crippen LogP contribution in [0.15, 0.2) is 0 Å². The Morgan fingerprint density at radius 1 is 1.25 bits per heavy atom. The van der Waals surface area contributed by atoms with Gasteiger partial charge in [0.1, 0.15) is 7.85 Å². The average molecular weight is 223 g/mol. The summed E-state index contributed by atoms with van der Waals surface area (Å²) in [6, 6.07) is 0. The van der Waals surface area contributed by atoms with Crippen LogP contribution in [-0.4, -0.2) is 33.1 Å². The average Bonchev–Trinajstić information content (AvgIpc) is 2.73. The summed E-state index contributed by atoms with van der Waals surface area (Å²) in [5.74, 6) is 0.913. The molecule has 1 heterocycles. The Hall–Kier alpha value is -0.0151. The van der Waals surface area contributed by atoms with E-state index in [0.717, 1.165) is 12.5 Å². The van der Waals surface area contributed by atoms with Crippen LogP contribution in [0.4, 0.5) is 0 Å². The van der Waals surface area contributed by atoms with Crippen LogP contribution < -0.4 is 5.32 Å². The maximum Gasteiger partial charge on any atom is 0.102 e. The number of nitrogens with one attached hydrogen (secondary N) is 1. The van der Waals surface area contributed by atoms with E-state index >= 15 is 0 Å². The van der Waals surface area contributed by atoms with Gasteiger partial charge in [0.05, 0.1) is 5.60 Å². The van der Waals surface area contributed by atoms with Crippen molar-refractivity contribution < 1.29 is 4.74 Å². The molecule has 92 valence electrons. The van der Waals surface area contributed by atoms with Crippen molar-refractivity contribution in [1.29, 1.82) is 0 Å². The predicted octanol–water partition coefficient (Wildman–Crippen LogP) is 1.76. The van der Waals surface area contributed by atoms with E-state index in [-0.39, 0.29) is 0 Å². The van der Waals surface area contributed by atoms with E-state index in [2.05, 4.69) is 13.2 Å². The fourth-order valence-electron chi connectivity index (χ4n) is 3.35. The first-order valence-corrected chi connectivity index (χ1v) is 7.19. The molecule has 0 aromatic carbocycles. The summed E-state index contributed by atoms with van der Waals surface area (Å²) in [4.78, 5) is 0. The number of hydrogen-bond donors (Lipinski definition) is 1. The molecule has 3 heteroatoms. The van der Waals surface area contributed by atoms with Crippen LogP contribution >= 0.6 is 0 Å². The van der Waals surface area contributed by atoms with Crippen LogP contribution in [0, 0.1) is 5.92 Å². The Morgan fingerprint density at radius 3 is 2.81 bits per heavy atom. The van der Waals surface area contributed by atoms with Crippen molar-refractivity contribution in [2.24, 2.45) is 5.92 Å². The third kappa shape index (κ3) is 3.24. The van der Waals surface area contributed by atoms with Crippen molar-refractivity contribution in [1.82, 2.24) is 5.32 Å². The highest BCUT2D eigenvalue weighted by Crippen LogP contribution is 2.42. The highest BCUT2D eigenvalue weighted by molar-refractivity contribution is 6.08. The fraction of sp³-hybridized carbons (Fsp3) is 1.00. The Bertz CT molecular complexity index is 204. The van der Waals surface area contributed by atoms with E-state index in [1.807, 2.05) is 0 Å². The summed E-state index contributed by atoms with van der Waals surface area (Å²) < 4.78 is 6.06. The molecule has 1 aliphatic carbocycles. The molecule has 0 aromatic rings. The lowest BCUT2D eigenvalue weighted by Gasteiger charge is -2.38. The molecule has 2 rings (SSSR count). The molecule has 2 nitrogen and oxygen atoms in total. The smallest absolute Gasteiger partial charge is 0.102 e. The summed E-state index contributed by atoms with van der Waals surface area (Å²) in [7, 11) is 2.23. The van der Waals surface area contributed by atoms with Crippen LogP contribution in [0.5, 0.6) is 0 Å². The van der Waals surface area contributed by atoms with Gasteiger partial charge in [-0.25, -0.2) is 0 Å². The minimum atomic E-state index is 0.313. The predicted molar refractivity (Wildman–Crippen MR) is 70.7 cm³/mol. The van der Waals surface area contributed by atoms with Crippen molar-refractivity contribution >= 4 is 7.85 Å². The van der Waals surface area contributed by atoms with E-state index in [1.54, 1.807) is 0 Å². The topological polar surface area (TPSA) is 21.3 Å². The van der Waals surface area contributed by atoms with Gasteiger partial charge >= 0.3 is 0 Å². The van der Waals surface area contributed by atoms with Gasteiger partial charge in [-0.05, 0) is 51.1 Å². The monoisotopic (exact) mass is 223 g/mol. The van der Waals surface area contributed by atoms with E-state index in [1.165, 1.54) is 64.4 Å². The number of ether oxygens (including phenoxy) is 1. The molecule has 2 aliphatic rings. The lowest BCUT2D eigenvalue weighted by Crippen LogP contribution is -2.38. The quantitative estimate of drug-likeness (QED) is 0.566. The Kier molecular flexibility index (Phi) is 4.72. The largest absolute Gasteiger partial charge is 0.375 e. The molecule has 0 radical (unpaired) electrons. The molecule has 0 bridgehead atoms. The Morgan fingerprint density at radius 2 is 2.06 bits per heavy atom. The van der Waals surface area contributed by atoms with Gasteiger partial charge in [-0.3, -0.25) is 0 Å². The molecule has 0 unspecified atom stereocenters. The lowest BCUT2D eigenvalue weighted by atomic mass is 9.83. The molecular formula is C13H26BNO. The van der Waals surface area contributed by atoms with Crippen LogP contribution in [0.25, 0.3) is 0 Å². The van der Waals surface area contributed by atoms with Crippen LogP contribution in [0.1, 0.15) is 44.9 Å². The van der Waals surface area contributed by atoms with E-state index in [0.29, 0.717) is 5.60 Å². The molecule has 1 N–H and O–H groups in total. The van der Waals surface area contributed by atoms with Crippen molar-refractivity contribution in [2.75, 3.05) is 19.7 Å². The molecule has 1 aliphatic heterocycles. The van der Waals surface area contributed by atoms with Gasteiger partial charge < -0.3 is 10.1 Å². The molecule has 1 saturated carbocycles. The molecule has 0 amide bonds. The molecule has 2 fully saturated rings. The van der Waals surface area contributed by atoms with Gasteiger partial charge in [0, 0.05) is 6.61 Å². The normalized spacial score (nSPS) is 28.6. The summed E-state index contributed by atoms with van der Waals surface area (Å²) in [5, 5.41) is 3.52. The minimum Gasteiger partial charge on any atom is -0.375 e. The summed E-state index contributed by atoms with van der Waals surface area (Å²) in [6.07, 6.45) is 10.7. The highest BCUT2D eigenvalue weighted by atomic mass is 16.5. The number of hydrogen-bond acceptors (Lipinski definition) is 2. The van der Waals surface area contributed by atoms with E-state index in [9.17, 15) is 0 Å². The van der Waals surface area contributed by atoms with Crippen LogP contribution in [-0.2, 0) is 4.74 Å². The van der Waals surface area contributed by atoms with Gasteiger partial charge in [-0.1, -0.05) is 19.2 Å². The van der Waals surface area contributed by atoms with Crippen molar-refractivity contribution in [2.45, 2.75) is 56.9 Å². The molecule has 0 aromatic heterocycles. The number of rotatable bonds is 5. The standard InChI is InChI=1S/C13H26BNO/c14-7-9-15-8-3-12-4-10-16-13(11-12)5-1-2-6-13/h12,15H,1-11,14H2/t12-/m1/s1. The second-order valence-electron chi connectivity index (χ2n) is 5.64. The maximum absolute atomic E-state index is 6.06. The molecule has 1 saturated heterocycles. The molecule has 1 atom stereocenters.